The molecule has 0 aliphatic carbocycles. The number of ketones is 1. The summed E-state index contributed by atoms with van der Waals surface area (Å²) in [4.78, 5) is 33.9. The third-order valence-corrected chi connectivity index (χ3v) is 2.40. The summed E-state index contributed by atoms with van der Waals surface area (Å²) in [5, 5.41) is 10.3. The van der Waals surface area contributed by atoms with E-state index in [9.17, 15) is 14.4 Å². The van der Waals surface area contributed by atoms with E-state index in [0.717, 1.165) is 0 Å². The molecule has 5 nitrogen and oxygen atoms in total. The Hall–Kier alpha value is -1.10. The van der Waals surface area contributed by atoms with Gasteiger partial charge in [-0.25, -0.2) is 4.79 Å². The van der Waals surface area contributed by atoms with Gasteiger partial charge in [0.1, 0.15) is 17.2 Å². The fourth-order valence-electron chi connectivity index (χ4n) is 0.978. The molecule has 0 fully saturated rings. The maximum Gasteiger partial charge on any atom is 0.326 e. The molecule has 0 saturated carbocycles. The van der Waals surface area contributed by atoms with Crippen molar-refractivity contribution >= 4 is 29.3 Å². The predicted octanol–water partition coefficient (Wildman–Crippen LogP) is 1.19. The summed E-state index contributed by atoms with van der Waals surface area (Å²) in [6, 6.07) is -1.23. The van der Waals surface area contributed by atoms with Crippen LogP contribution in [-0.4, -0.2) is 34.2 Å². The molecule has 1 amide bonds. The number of aliphatic carboxylic acids is 1. The lowest BCUT2D eigenvalue weighted by Gasteiger charge is -2.20. The Balaban J connectivity index is 4.62. The number of halogens is 1. The van der Waals surface area contributed by atoms with Gasteiger partial charge in [-0.15, -0.1) is 11.6 Å². The topological polar surface area (TPSA) is 83.5 Å². The Morgan fingerprint density at radius 2 is 1.76 bits per heavy atom. The number of carboxylic acids is 1. The number of carbonyl (C=O) groups excluding carboxylic acids is 2. The second-order valence-corrected chi connectivity index (χ2v) is 5.55. The van der Waals surface area contributed by atoms with Crippen LogP contribution in [-0.2, 0) is 14.4 Å². The molecule has 98 valence electrons. The zero-order chi connectivity index (χ0) is 13.8. The fraction of sp³-hybridized carbons (Fsp3) is 0.727. The molecule has 2 N–H and O–H groups in total. The number of hydrogen-bond acceptors (Lipinski definition) is 3. The van der Waals surface area contributed by atoms with Gasteiger partial charge >= 0.3 is 5.97 Å². The summed E-state index contributed by atoms with van der Waals surface area (Å²) in [5.74, 6) is -2.07. The van der Waals surface area contributed by atoms with E-state index in [0.29, 0.717) is 0 Å². The zero-order valence-corrected chi connectivity index (χ0v) is 11.2. The maximum absolute atomic E-state index is 11.7. The Labute approximate surface area is 106 Å². The highest BCUT2D eigenvalue weighted by Crippen LogP contribution is 2.18. The Morgan fingerprint density at radius 3 is 2.06 bits per heavy atom. The van der Waals surface area contributed by atoms with Crippen molar-refractivity contribution < 1.29 is 19.5 Å². The average Bonchev–Trinajstić information content (AvgIpc) is 2.14. The van der Waals surface area contributed by atoms with Gasteiger partial charge in [-0.05, 0) is 6.92 Å². The van der Waals surface area contributed by atoms with E-state index in [4.69, 9.17) is 16.7 Å². The van der Waals surface area contributed by atoms with Crippen molar-refractivity contribution in [2.24, 2.45) is 5.41 Å². The molecule has 2 atom stereocenters. The Bertz CT molecular complexity index is 320. The number of amides is 1. The van der Waals surface area contributed by atoms with E-state index < -0.39 is 28.7 Å². The van der Waals surface area contributed by atoms with Gasteiger partial charge in [-0.1, -0.05) is 20.8 Å². The number of rotatable bonds is 5. The van der Waals surface area contributed by atoms with Crippen LogP contribution in [0.5, 0.6) is 0 Å². The fourth-order valence-corrected chi connectivity index (χ4v) is 1.04. The number of hydrogen-bond donors (Lipinski definition) is 2. The monoisotopic (exact) mass is 263 g/mol. The SMILES string of the molecule is CC(Cl)C(=O)NC(CC(=O)C(C)(C)C)C(=O)O. The summed E-state index contributed by atoms with van der Waals surface area (Å²) in [7, 11) is 0. The molecule has 0 heterocycles. The molecule has 6 heteroatoms. The molecule has 0 saturated heterocycles. The van der Waals surface area contributed by atoms with E-state index >= 15 is 0 Å². The quantitative estimate of drug-likeness (QED) is 0.730. The molecule has 0 radical (unpaired) electrons. The van der Waals surface area contributed by atoms with Gasteiger partial charge in [0.05, 0.1) is 0 Å². The van der Waals surface area contributed by atoms with Crippen LogP contribution in [0, 0.1) is 5.41 Å². The molecular weight excluding hydrogens is 246 g/mol. The normalized spacial score (nSPS) is 14.9. The lowest BCUT2D eigenvalue weighted by molar-refractivity contribution is -0.144. The van der Waals surface area contributed by atoms with Crippen molar-refractivity contribution in [3.05, 3.63) is 0 Å². The number of nitrogens with one attached hydrogen (secondary N) is 1. The van der Waals surface area contributed by atoms with E-state index in [-0.39, 0.29) is 12.2 Å². The van der Waals surface area contributed by atoms with Gasteiger partial charge in [0.15, 0.2) is 0 Å². The molecule has 0 spiro atoms. The van der Waals surface area contributed by atoms with Gasteiger partial charge < -0.3 is 10.4 Å². The summed E-state index contributed by atoms with van der Waals surface area (Å²) < 4.78 is 0. The van der Waals surface area contributed by atoms with Crippen molar-refractivity contribution in [1.29, 1.82) is 0 Å². The molecule has 17 heavy (non-hydrogen) atoms. The smallest absolute Gasteiger partial charge is 0.326 e. The van der Waals surface area contributed by atoms with Gasteiger partial charge in [-0.3, -0.25) is 9.59 Å². The third kappa shape index (κ3) is 5.68. The number of Topliss-reactive ketones (excluding diaryl/α,β-unsaturated/α-hetero) is 1. The van der Waals surface area contributed by atoms with Crippen LogP contribution in [0.25, 0.3) is 0 Å². The molecule has 0 bridgehead atoms. The lowest BCUT2D eigenvalue weighted by Crippen LogP contribution is -2.45. The van der Waals surface area contributed by atoms with Crippen LogP contribution in [0.1, 0.15) is 34.1 Å². The van der Waals surface area contributed by atoms with E-state index in [2.05, 4.69) is 5.32 Å². The van der Waals surface area contributed by atoms with E-state index in [1.807, 2.05) is 0 Å². The average molecular weight is 264 g/mol. The standard InChI is InChI=1S/C11H18ClNO4/c1-6(12)9(15)13-7(10(16)17)5-8(14)11(2,3)4/h6-7H,5H2,1-4H3,(H,13,15)(H,16,17). The molecule has 0 aromatic carbocycles. The van der Waals surface area contributed by atoms with Crippen molar-refractivity contribution in [3.63, 3.8) is 0 Å². The second kappa shape index (κ2) is 6.00. The van der Waals surface area contributed by atoms with Crippen molar-refractivity contribution in [2.45, 2.75) is 45.5 Å². The molecule has 0 aromatic heterocycles. The minimum atomic E-state index is -1.24. The van der Waals surface area contributed by atoms with Crippen LogP contribution >= 0.6 is 11.6 Å². The molecule has 0 aromatic rings. The van der Waals surface area contributed by atoms with Gasteiger partial charge in [0.25, 0.3) is 0 Å². The Morgan fingerprint density at radius 1 is 1.29 bits per heavy atom. The van der Waals surface area contributed by atoms with Crippen molar-refractivity contribution in [1.82, 2.24) is 5.32 Å². The number of alkyl halides is 1. The highest BCUT2D eigenvalue weighted by Gasteiger charge is 2.29. The van der Waals surface area contributed by atoms with Gasteiger partial charge in [0, 0.05) is 11.8 Å². The van der Waals surface area contributed by atoms with Crippen LogP contribution < -0.4 is 5.32 Å². The van der Waals surface area contributed by atoms with Gasteiger partial charge in [0.2, 0.25) is 5.91 Å². The highest BCUT2D eigenvalue weighted by molar-refractivity contribution is 6.30. The first-order valence-electron chi connectivity index (χ1n) is 5.26. The summed E-state index contributed by atoms with van der Waals surface area (Å²) in [6.07, 6.45) is -0.242. The first kappa shape index (κ1) is 15.9. The summed E-state index contributed by atoms with van der Waals surface area (Å²) in [6.45, 7) is 6.52. The van der Waals surface area contributed by atoms with Crippen LogP contribution in [0.15, 0.2) is 0 Å². The minimum Gasteiger partial charge on any atom is -0.480 e. The predicted molar refractivity (Wildman–Crippen MR) is 64.0 cm³/mol. The third-order valence-electron chi connectivity index (χ3n) is 2.20. The maximum atomic E-state index is 11.7. The molecule has 0 rings (SSSR count). The van der Waals surface area contributed by atoms with Crippen LogP contribution in [0.4, 0.5) is 0 Å². The number of carboxylic acid groups (broad SMARTS) is 1. The van der Waals surface area contributed by atoms with Crippen LogP contribution in [0.2, 0.25) is 0 Å². The number of carbonyl (C=O) groups is 3. The molecule has 0 aliphatic rings. The van der Waals surface area contributed by atoms with Crippen LogP contribution in [0.3, 0.4) is 0 Å². The van der Waals surface area contributed by atoms with E-state index in [1.54, 1.807) is 20.8 Å². The first-order valence-corrected chi connectivity index (χ1v) is 5.70. The zero-order valence-electron chi connectivity index (χ0n) is 10.4. The highest BCUT2D eigenvalue weighted by atomic mass is 35.5. The Kier molecular flexibility index (Phi) is 5.61. The summed E-state index contributed by atoms with van der Waals surface area (Å²) >= 11 is 5.51. The minimum absolute atomic E-state index is 0.229. The molecular formula is C11H18ClNO4. The van der Waals surface area contributed by atoms with Gasteiger partial charge in [-0.2, -0.15) is 0 Å². The summed E-state index contributed by atoms with van der Waals surface area (Å²) in [5.41, 5.74) is -0.634. The van der Waals surface area contributed by atoms with Crippen molar-refractivity contribution in [3.8, 4) is 0 Å². The lowest BCUT2D eigenvalue weighted by atomic mass is 9.87. The van der Waals surface area contributed by atoms with E-state index in [1.165, 1.54) is 6.92 Å². The molecule has 0 aliphatic heterocycles. The first-order chi connectivity index (χ1) is 7.55. The van der Waals surface area contributed by atoms with Crippen molar-refractivity contribution in [2.75, 3.05) is 0 Å². The largest absolute Gasteiger partial charge is 0.480 e. The molecule has 2 unspecified atom stereocenters. The second-order valence-electron chi connectivity index (χ2n) is 4.89.